The average molecular weight is 258 g/mol. The van der Waals surface area contributed by atoms with Crippen molar-refractivity contribution in [2.45, 2.75) is 19.4 Å². The van der Waals surface area contributed by atoms with E-state index in [0.717, 1.165) is 12.0 Å². The van der Waals surface area contributed by atoms with Gasteiger partial charge >= 0.3 is 0 Å². The lowest BCUT2D eigenvalue weighted by molar-refractivity contribution is 0.374. The Bertz CT molecular complexity index is 524. The summed E-state index contributed by atoms with van der Waals surface area (Å²) in [7, 11) is 1.61. The van der Waals surface area contributed by atoms with Gasteiger partial charge in [-0.2, -0.15) is 0 Å². The van der Waals surface area contributed by atoms with Gasteiger partial charge in [-0.25, -0.2) is 4.98 Å². The highest BCUT2D eigenvalue weighted by Crippen LogP contribution is 2.29. The molecule has 1 aromatic carbocycles. The summed E-state index contributed by atoms with van der Waals surface area (Å²) in [6.45, 7) is 1.97. The van der Waals surface area contributed by atoms with Gasteiger partial charge in [0.2, 0.25) is 5.88 Å². The molecule has 0 fully saturated rings. The third-order valence-electron chi connectivity index (χ3n) is 2.64. The standard InChI is InChI=1S/C15H18N2O2/c1-11(16)9-12-7-8-15(17-10-12)19-14-6-4-3-5-13(14)18-2/h3-8,10-11H,9,16H2,1-2H3. The van der Waals surface area contributed by atoms with Gasteiger partial charge in [-0.05, 0) is 31.0 Å². The monoisotopic (exact) mass is 258 g/mol. The summed E-state index contributed by atoms with van der Waals surface area (Å²) in [4.78, 5) is 4.27. The normalized spacial score (nSPS) is 11.9. The Morgan fingerprint density at radius 1 is 1.16 bits per heavy atom. The molecule has 0 spiro atoms. The first-order valence-electron chi connectivity index (χ1n) is 6.20. The van der Waals surface area contributed by atoms with Crippen LogP contribution in [0.4, 0.5) is 0 Å². The molecule has 0 aliphatic heterocycles. The molecule has 4 heteroatoms. The summed E-state index contributed by atoms with van der Waals surface area (Å²) in [6.07, 6.45) is 2.59. The van der Waals surface area contributed by atoms with Crippen molar-refractivity contribution in [2.75, 3.05) is 7.11 Å². The Hall–Kier alpha value is -2.07. The molecule has 1 aromatic heterocycles. The van der Waals surface area contributed by atoms with Crippen molar-refractivity contribution in [2.24, 2.45) is 5.73 Å². The van der Waals surface area contributed by atoms with E-state index in [1.165, 1.54) is 0 Å². The maximum atomic E-state index is 5.75. The van der Waals surface area contributed by atoms with Gasteiger partial charge in [-0.3, -0.25) is 0 Å². The molecular formula is C15H18N2O2. The summed E-state index contributed by atoms with van der Waals surface area (Å²) in [5.74, 6) is 1.87. The minimum absolute atomic E-state index is 0.128. The van der Waals surface area contributed by atoms with Crippen molar-refractivity contribution >= 4 is 0 Å². The number of rotatable bonds is 5. The number of benzene rings is 1. The molecule has 1 unspecified atom stereocenters. The van der Waals surface area contributed by atoms with Gasteiger partial charge in [0.1, 0.15) is 0 Å². The van der Waals surface area contributed by atoms with Crippen LogP contribution in [0.1, 0.15) is 12.5 Å². The van der Waals surface area contributed by atoms with Crippen LogP contribution in [0.15, 0.2) is 42.6 Å². The SMILES string of the molecule is COc1ccccc1Oc1ccc(CC(C)N)cn1. The van der Waals surface area contributed by atoms with Crippen LogP contribution in [0.25, 0.3) is 0 Å². The van der Waals surface area contributed by atoms with Crippen LogP contribution in [-0.4, -0.2) is 18.1 Å². The summed E-state index contributed by atoms with van der Waals surface area (Å²) < 4.78 is 10.9. The Morgan fingerprint density at radius 2 is 1.89 bits per heavy atom. The summed E-state index contributed by atoms with van der Waals surface area (Å²) >= 11 is 0. The number of nitrogens with zero attached hydrogens (tertiary/aromatic N) is 1. The van der Waals surface area contributed by atoms with Crippen LogP contribution in [0.3, 0.4) is 0 Å². The molecule has 0 amide bonds. The van der Waals surface area contributed by atoms with E-state index in [2.05, 4.69) is 4.98 Å². The van der Waals surface area contributed by atoms with Crippen LogP contribution in [0, 0.1) is 0 Å². The molecule has 0 aliphatic carbocycles. The van der Waals surface area contributed by atoms with Crippen molar-refractivity contribution in [1.82, 2.24) is 4.98 Å². The van der Waals surface area contributed by atoms with Gasteiger partial charge < -0.3 is 15.2 Å². The molecule has 1 atom stereocenters. The second-order valence-electron chi connectivity index (χ2n) is 4.44. The smallest absolute Gasteiger partial charge is 0.219 e. The molecule has 0 radical (unpaired) electrons. The van der Waals surface area contributed by atoms with Crippen LogP contribution >= 0.6 is 0 Å². The Balaban J connectivity index is 2.11. The van der Waals surface area contributed by atoms with Gasteiger partial charge in [-0.15, -0.1) is 0 Å². The summed E-state index contributed by atoms with van der Waals surface area (Å²) in [6, 6.07) is 11.4. The molecule has 2 aromatic rings. The quantitative estimate of drug-likeness (QED) is 0.896. The number of nitrogens with two attached hydrogens (primary N) is 1. The van der Waals surface area contributed by atoms with Crippen LogP contribution in [-0.2, 0) is 6.42 Å². The first-order valence-corrected chi connectivity index (χ1v) is 6.20. The Labute approximate surface area is 113 Å². The topological polar surface area (TPSA) is 57.4 Å². The molecular weight excluding hydrogens is 240 g/mol. The Morgan fingerprint density at radius 3 is 2.47 bits per heavy atom. The fourth-order valence-electron chi connectivity index (χ4n) is 1.78. The minimum atomic E-state index is 0.128. The number of hydrogen-bond donors (Lipinski definition) is 1. The van der Waals surface area contributed by atoms with E-state index in [1.807, 2.05) is 43.3 Å². The molecule has 0 saturated carbocycles. The van der Waals surface area contributed by atoms with Crippen LogP contribution in [0.5, 0.6) is 17.4 Å². The fourth-order valence-corrected chi connectivity index (χ4v) is 1.78. The van der Waals surface area contributed by atoms with E-state index < -0.39 is 0 Å². The van der Waals surface area contributed by atoms with E-state index in [1.54, 1.807) is 13.3 Å². The fraction of sp³-hybridized carbons (Fsp3) is 0.267. The zero-order valence-corrected chi connectivity index (χ0v) is 11.2. The molecule has 0 aliphatic rings. The molecule has 2 N–H and O–H groups in total. The van der Waals surface area contributed by atoms with E-state index >= 15 is 0 Å². The molecule has 1 heterocycles. The van der Waals surface area contributed by atoms with E-state index in [0.29, 0.717) is 17.4 Å². The number of para-hydroxylation sites is 2. The van der Waals surface area contributed by atoms with E-state index in [9.17, 15) is 0 Å². The lowest BCUT2D eigenvalue weighted by Gasteiger charge is -2.10. The first kappa shape index (κ1) is 13.4. The highest BCUT2D eigenvalue weighted by molar-refractivity contribution is 5.41. The zero-order chi connectivity index (χ0) is 13.7. The predicted octanol–water partition coefficient (Wildman–Crippen LogP) is 2.77. The average Bonchev–Trinajstić information content (AvgIpc) is 2.41. The highest BCUT2D eigenvalue weighted by Gasteiger charge is 2.05. The molecule has 0 saturated heterocycles. The number of methoxy groups -OCH3 is 1. The van der Waals surface area contributed by atoms with Crippen LogP contribution < -0.4 is 15.2 Å². The number of ether oxygens (including phenoxy) is 2. The van der Waals surface area contributed by atoms with E-state index in [-0.39, 0.29) is 6.04 Å². The molecule has 0 bridgehead atoms. The van der Waals surface area contributed by atoms with Crippen molar-refractivity contribution in [1.29, 1.82) is 0 Å². The van der Waals surface area contributed by atoms with Gasteiger partial charge in [0.05, 0.1) is 7.11 Å². The maximum Gasteiger partial charge on any atom is 0.219 e. The number of aromatic nitrogens is 1. The molecule has 2 rings (SSSR count). The van der Waals surface area contributed by atoms with Crippen LogP contribution in [0.2, 0.25) is 0 Å². The minimum Gasteiger partial charge on any atom is -0.493 e. The van der Waals surface area contributed by atoms with Crippen molar-refractivity contribution < 1.29 is 9.47 Å². The predicted molar refractivity (Wildman–Crippen MR) is 74.7 cm³/mol. The molecule has 19 heavy (non-hydrogen) atoms. The van der Waals surface area contributed by atoms with Gasteiger partial charge in [0, 0.05) is 18.3 Å². The lowest BCUT2D eigenvalue weighted by atomic mass is 10.1. The largest absolute Gasteiger partial charge is 0.493 e. The summed E-state index contributed by atoms with van der Waals surface area (Å²) in [5, 5.41) is 0. The maximum absolute atomic E-state index is 5.75. The van der Waals surface area contributed by atoms with Crippen molar-refractivity contribution in [3.8, 4) is 17.4 Å². The number of pyridine rings is 1. The first-order chi connectivity index (χ1) is 9.19. The van der Waals surface area contributed by atoms with Crippen molar-refractivity contribution in [3.05, 3.63) is 48.2 Å². The molecule has 4 nitrogen and oxygen atoms in total. The second-order valence-corrected chi connectivity index (χ2v) is 4.44. The van der Waals surface area contributed by atoms with E-state index in [4.69, 9.17) is 15.2 Å². The van der Waals surface area contributed by atoms with Gasteiger partial charge in [0.15, 0.2) is 11.5 Å². The van der Waals surface area contributed by atoms with Gasteiger partial charge in [-0.1, -0.05) is 18.2 Å². The van der Waals surface area contributed by atoms with Gasteiger partial charge in [0.25, 0.3) is 0 Å². The lowest BCUT2D eigenvalue weighted by Crippen LogP contribution is -2.17. The number of hydrogen-bond acceptors (Lipinski definition) is 4. The second kappa shape index (κ2) is 6.20. The summed E-state index contributed by atoms with van der Waals surface area (Å²) in [5.41, 5.74) is 6.85. The third-order valence-corrected chi connectivity index (χ3v) is 2.64. The molecule has 100 valence electrons. The Kier molecular flexibility index (Phi) is 4.36. The highest BCUT2D eigenvalue weighted by atomic mass is 16.5. The van der Waals surface area contributed by atoms with Crippen molar-refractivity contribution in [3.63, 3.8) is 0 Å². The zero-order valence-electron chi connectivity index (χ0n) is 11.2. The third kappa shape index (κ3) is 3.69.